The predicted molar refractivity (Wildman–Crippen MR) is 144 cm³/mol. The van der Waals surface area contributed by atoms with Crippen LogP contribution in [0.1, 0.15) is 36.8 Å². The Balaban J connectivity index is 1.11. The summed E-state index contributed by atoms with van der Waals surface area (Å²) in [7, 11) is 1.68. The number of aliphatic hydroxyl groups is 1. The van der Waals surface area contributed by atoms with Gasteiger partial charge in [0.1, 0.15) is 30.4 Å². The molecule has 2 fully saturated rings. The van der Waals surface area contributed by atoms with E-state index in [1.54, 1.807) is 13.4 Å². The zero-order chi connectivity index (χ0) is 27.0. The molecule has 10 nitrogen and oxygen atoms in total. The number of nitrogens with zero attached hydrogens (tertiary/aromatic N) is 4. The average Bonchev–Trinajstić information content (AvgIpc) is 3.62. The number of anilines is 1. The fourth-order valence-corrected chi connectivity index (χ4v) is 5.29. The number of aromatic nitrogens is 4. The molecule has 39 heavy (non-hydrogen) atoms. The fraction of sp³-hybridized carbons (Fsp3) is 0.414. The Morgan fingerprint density at radius 1 is 0.923 bits per heavy atom. The largest absolute Gasteiger partial charge is 0.497 e. The first-order valence-electron chi connectivity index (χ1n) is 13.2. The zero-order valence-corrected chi connectivity index (χ0v) is 22.3. The van der Waals surface area contributed by atoms with Crippen molar-refractivity contribution in [2.24, 2.45) is 0 Å². The molecule has 2 N–H and O–H groups in total. The van der Waals surface area contributed by atoms with Crippen molar-refractivity contribution in [1.82, 2.24) is 19.5 Å². The second-order valence-corrected chi connectivity index (χ2v) is 10.4. The molecule has 0 aliphatic carbocycles. The number of nitrogens with one attached hydrogen (secondary N) is 1. The first kappa shape index (κ1) is 25.7. The lowest BCUT2D eigenvalue weighted by molar-refractivity contribution is -0.199. The normalized spacial score (nSPS) is 23.7. The van der Waals surface area contributed by atoms with E-state index in [9.17, 15) is 5.11 Å². The summed E-state index contributed by atoms with van der Waals surface area (Å²) in [4.78, 5) is 13.5. The third kappa shape index (κ3) is 5.20. The second kappa shape index (κ2) is 10.5. The van der Waals surface area contributed by atoms with Crippen LogP contribution in [0.4, 0.5) is 5.82 Å². The number of rotatable bonds is 9. The van der Waals surface area contributed by atoms with Gasteiger partial charge in [-0.15, -0.1) is 0 Å². The second-order valence-electron chi connectivity index (χ2n) is 10.4. The SMILES string of the molecule is COc1ccc(CCc2ccc(CNc3ncnc4c3ncn4[C@@H]3O[C@H](CO)[C@@H]4OC(C)(C)OC43)cc2)cc1. The summed E-state index contributed by atoms with van der Waals surface area (Å²) >= 11 is 0. The molecule has 2 aromatic carbocycles. The highest BCUT2D eigenvalue weighted by Gasteiger charge is 2.56. The highest BCUT2D eigenvalue weighted by molar-refractivity contribution is 5.82. The number of fused-ring (bicyclic) bond motifs is 2. The fourth-order valence-electron chi connectivity index (χ4n) is 5.29. The third-order valence-electron chi connectivity index (χ3n) is 7.28. The van der Waals surface area contributed by atoms with Crippen molar-refractivity contribution < 1.29 is 24.1 Å². The van der Waals surface area contributed by atoms with Crippen LogP contribution in [0.5, 0.6) is 5.75 Å². The summed E-state index contributed by atoms with van der Waals surface area (Å²) in [5.74, 6) is 0.758. The molecule has 6 rings (SSSR count). The summed E-state index contributed by atoms with van der Waals surface area (Å²) in [6, 6.07) is 16.8. The molecule has 204 valence electrons. The molecule has 2 aromatic heterocycles. The number of aryl methyl sites for hydroxylation is 2. The molecule has 0 spiro atoms. The molecule has 0 saturated carbocycles. The minimum atomic E-state index is -0.756. The minimum Gasteiger partial charge on any atom is -0.497 e. The van der Waals surface area contributed by atoms with Crippen molar-refractivity contribution in [3.05, 3.63) is 77.9 Å². The van der Waals surface area contributed by atoms with Gasteiger partial charge in [-0.1, -0.05) is 36.4 Å². The van der Waals surface area contributed by atoms with Crippen molar-refractivity contribution in [2.45, 2.75) is 63.6 Å². The van der Waals surface area contributed by atoms with Crippen LogP contribution in [0.3, 0.4) is 0 Å². The van der Waals surface area contributed by atoms with E-state index in [0.717, 1.165) is 24.2 Å². The quantitative estimate of drug-likeness (QED) is 0.334. The van der Waals surface area contributed by atoms with Gasteiger partial charge in [-0.2, -0.15) is 0 Å². The monoisotopic (exact) mass is 531 g/mol. The molecule has 2 aliphatic rings. The Morgan fingerprint density at radius 2 is 1.59 bits per heavy atom. The summed E-state index contributed by atoms with van der Waals surface area (Å²) in [5, 5.41) is 13.2. The third-order valence-corrected chi connectivity index (χ3v) is 7.28. The average molecular weight is 532 g/mol. The maximum absolute atomic E-state index is 9.83. The van der Waals surface area contributed by atoms with Gasteiger partial charge in [0.25, 0.3) is 0 Å². The van der Waals surface area contributed by atoms with E-state index < -0.39 is 18.1 Å². The van der Waals surface area contributed by atoms with E-state index in [0.29, 0.717) is 23.5 Å². The van der Waals surface area contributed by atoms with Crippen molar-refractivity contribution >= 4 is 17.0 Å². The van der Waals surface area contributed by atoms with Gasteiger partial charge in [-0.05, 0) is 55.5 Å². The standard InChI is InChI=1S/C29H33N5O5/c1-29(2)38-24-22(15-35)37-28(25(24)39-29)34-17-33-23-26(31-16-32-27(23)34)30-14-20-8-6-18(7-9-20)4-5-19-10-12-21(36-3)13-11-19/h6-13,16-17,22,24-25,28,35H,4-5,14-15H2,1-3H3,(H,30,31,32)/t22-,24+,25?,28-/m1/s1. The molecule has 2 aliphatic heterocycles. The first-order valence-corrected chi connectivity index (χ1v) is 13.2. The van der Waals surface area contributed by atoms with E-state index in [4.69, 9.17) is 18.9 Å². The predicted octanol–water partition coefficient (Wildman–Crippen LogP) is 3.64. The van der Waals surface area contributed by atoms with Gasteiger partial charge in [-0.3, -0.25) is 4.57 Å². The lowest BCUT2D eigenvalue weighted by Crippen LogP contribution is -2.31. The maximum atomic E-state index is 9.83. The van der Waals surface area contributed by atoms with Gasteiger partial charge < -0.3 is 29.4 Å². The number of imidazole rings is 1. The van der Waals surface area contributed by atoms with Crippen molar-refractivity contribution in [1.29, 1.82) is 0 Å². The van der Waals surface area contributed by atoms with Crippen LogP contribution in [0, 0.1) is 0 Å². The van der Waals surface area contributed by atoms with Crippen LogP contribution in [0.2, 0.25) is 0 Å². The summed E-state index contributed by atoms with van der Waals surface area (Å²) in [5.41, 5.74) is 4.97. The smallest absolute Gasteiger partial charge is 0.167 e. The van der Waals surface area contributed by atoms with Gasteiger partial charge in [0.2, 0.25) is 0 Å². The topological polar surface area (TPSA) is 113 Å². The van der Waals surface area contributed by atoms with Crippen molar-refractivity contribution in [2.75, 3.05) is 19.0 Å². The van der Waals surface area contributed by atoms with Gasteiger partial charge in [-0.25, -0.2) is 15.0 Å². The molecule has 1 unspecified atom stereocenters. The number of hydrogen-bond acceptors (Lipinski definition) is 9. The van der Waals surface area contributed by atoms with E-state index in [1.807, 2.05) is 30.5 Å². The molecule has 4 atom stereocenters. The molecular weight excluding hydrogens is 498 g/mol. The van der Waals surface area contributed by atoms with Crippen molar-refractivity contribution in [3.8, 4) is 5.75 Å². The molecule has 0 amide bonds. The van der Waals surface area contributed by atoms with Crippen LogP contribution < -0.4 is 10.1 Å². The minimum absolute atomic E-state index is 0.161. The number of ether oxygens (including phenoxy) is 4. The molecular formula is C29H33N5O5. The van der Waals surface area contributed by atoms with Crippen molar-refractivity contribution in [3.63, 3.8) is 0 Å². The number of aliphatic hydroxyl groups excluding tert-OH is 1. The van der Waals surface area contributed by atoms with Gasteiger partial charge in [0.15, 0.2) is 29.0 Å². The lowest BCUT2D eigenvalue weighted by atomic mass is 10.0. The maximum Gasteiger partial charge on any atom is 0.167 e. The first-order chi connectivity index (χ1) is 18.9. The van der Waals surface area contributed by atoms with E-state index in [-0.39, 0.29) is 18.8 Å². The van der Waals surface area contributed by atoms with E-state index >= 15 is 0 Å². The van der Waals surface area contributed by atoms with Gasteiger partial charge in [0.05, 0.1) is 20.0 Å². The van der Waals surface area contributed by atoms with Crippen LogP contribution in [0.15, 0.2) is 61.2 Å². The Hall–Kier alpha value is -3.57. The Bertz CT molecular complexity index is 1420. The zero-order valence-electron chi connectivity index (χ0n) is 22.3. The Kier molecular flexibility index (Phi) is 6.94. The summed E-state index contributed by atoms with van der Waals surface area (Å²) in [6.45, 7) is 4.16. The van der Waals surface area contributed by atoms with E-state index in [2.05, 4.69) is 56.7 Å². The van der Waals surface area contributed by atoms with Crippen LogP contribution in [-0.4, -0.2) is 62.4 Å². The highest BCUT2D eigenvalue weighted by Crippen LogP contribution is 2.43. The van der Waals surface area contributed by atoms with Crippen LogP contribution in [0.25, 0.3) is 11.2 Å². The Morgan fingerprint density at radius 3 is 2.28 bits per heavy atom. The molecule has 0 bridgehead atoms. The lowest BCUT2D eigenvalue weighted by Gasteiger charge is -2.24. The number of methoxy groups -OCH3 is 1. The van der Waals surface area contributed by atoms with Crippen LogP contribution in [-0.2, 0) is 33.6 Å². The summed E-state index contributed by atoms with van der Waals surface area (Å²) in [6.07, 6.45) is 3.37. The highest BCUT2D eigenvalue weighted by atomic mass is 16.8. The molecule has 4 heterocycles. The van der Waals surface area contributed by atoms with E-state index in [1.165, 1.54) is 17.5 Å². The molecule has 0 radical (unpaired) electrons. The van der Waals surface area contributed by atoms with Gasteiger partial charge in [0, 0.05) is 6.54 Å². The molecule has 2 saturated heterocycles. The van der Waals surface area contributed by atoms with Crippen LogP contribution >= 0.6 is 0 Å². The summed E-state index contributed by atoms with van der Waals surface area (Å²) < 4.78 is 25.3. The number of benzene rings is 2. The Labute approximate surface area is 226 Å². The molecule has 4 aromatic rings. The van der Waals surface area contributed by atoms with Gasteiger partial charge >= 0.3 is 0 Å². The number of hydrogen-bond donors (Lipinski definition) is 2. The molecule has 10 heteroatoms.